The highest BCUT2D eigenvalue weighted by Gasteiger charge is 2.14. The van der Waals surface area contributed by atoms with Crippen molar-refractivity contribution in [1.82, 2.24) is 9.78 Å². The first-order valence-corrected chi connectivity index (χ1v) is 8.05. The van der Waals surface area contributed by atoms with Crippen molar-refractivity contribution in [3.05, 3.63) is 41.7 Å². The molecule has 0 aliphatic carbocycles. The Hall–Kier alpha value is -1.33. The molecule has 0 aliphatic heterocycles. The van der Waals surface area contributed by atoms with Crippen LogP contribution in [0.3, 0.4) is 0 Å². The van der Waals surface area contributed by atoms with Crippen LogP contribution in [0, 0.1) is 0 Å². The van der Waals surface area contributed by atoms with Crippen molar-refractivity contribution in [2.75, 3.05) is 5.75 Å². The topological polar surface area (TPSA) is 43.8 Å². The number of thiocarbonyl (C=S) groups is 1. The molecular formula is C15H19N3S2. The van der Waals surface area contributed by atoms with Gasteiger partial charge >= 0.3 is 0 Å². The first kappa shape index (κ1) is 15.1. The number of aromatic nitrogens is 2. The minimum Gasteiger partial charge on any atom is -0.389 e. The molecule has 0 fully saturated rings. The zero-order valence-electron chi connectivity index (χ0n) is 12.0. The number of nitrogens with zero attached hydrogens (tertiary/aromatic N) is 2. The van der Waals surface area contributed by atoms with Crippen LogP contribution in [-0.4, -0.2) is 20.5 Å². The Morgan fingerprint density at radius 1 is 1.40 bits per heavy atom. The van der Waals surface area contributed by atoms with Crippen molar-refractivity contribution in [2.45, 2.75) is 31.6 Å². The van der Waals surface area contributed by atoms with Gasteiger partial charge in [-0.1, -0.05) is 39.1 Å². The van der Waals surface area contributed by atoms with E-state index < -0.39 is 0 Å². The van der Waals surface area contributed by atoms with Crippen LogP contribution in [0.2, 0.25) is 0 Å². The van der Waals surface area contributed by atoms with Gasteiger partial charge in [-0.05, 0) is 29.9 Å². The molecule has 0 saturated carbocycles. The Morgan fingerprint density at radius 2 is 2.15 bits per heavy atom. The third-order valence-electron chi connectivity index (χ3n) is 3.00. The van der Waals surface area contributed by atoms with E-state index in [1.807, 2.05) is 29.1 Å². The zero-order chi connectivity index (χ0) is 14.7. The molecule has 5 heteroatoms. The highest BCUT2D eigenvalue weighted by molar-refractivity contribution is 7.99. The third kappa shape index (κ3) is 3.04. The van der Waals surface area contributed by atoms with E-state index in [4.69, 9.17) is 18.0 Å². The second kappa shape index (κ2) is 6.41. The molecule has 0 unspecified atom stereocenters. The van der Waals surface area contributed by atoms with Crippen LogP contribution in [0.4, 0.5) is 0 Å². The molecule has 1 aromatic carbocycles. The summed E-state index contributed by atoms with van der Waals surface area (Å²) in [5.41, 5.74) is 8.85. The van der Waals surface area contributed by atoms with Crippen LogP contribution in [0.15, 0.2) is 35.4 Å². The minimum absolute atomic E-state index is 0.401. The molecule has 0 amide bonds. The third-order valence-corrected chi connectivity index (χ3v) is 4.14. The number of thioether (sulfide) groups is 1. The molecule has 2 rings (SSSR count). The van der Waals surface area contributed by atoms with Gasteiger partial charge in [0, 0.05) is 16.7 Å². The van der Waals surface area contributed by atoms with Gasteiger partial charge in [-0.25, -0.2) is 4.68 Å². The first-order valence-electron chi connectivity index (χ1n) is 6.66. The van der Waals surface area contributed by atoms with Crippen LogP contribution in [0.25, 0.3) is 5.69 Å². The number of nitrogens with two attached hydrogens (primary N) is 1. The van der Waals surface area contributed by atoms with Crippen molar-refractivity contribution in [2.24, 2.45) is 5.73 Å². The molecule has 3 nitrogen and oxygen atoms in total. The molecule has 0 radical (unpaired) electrons. The fourth-order valence-corrected chi connectivity index (χ4v) is 3.14. The molecule has 1 heterocycles. The lowest BCUT2D eigenvalue weighted by atomic mass is 10.1. The summed E-state index contributed by atoms with van der Waals surface area (Å²) in [6.45, 7) is 6.38. The summed E-state index contributed by atoms with van der Waals surface area (Å²) in [5.74, 6) is 1.38. The SMILES string of the molecule is CCSc1cccc(-n2ccc(C(C)C)n2)c1C(N)=S. The standard InChI is InChI=1S/C15H19N3S2/c1-4-20-13-7-5-6-12(14(13)15(16)19)18-9-8-11(17-18)10(2)3/h5-10H,4H2,1-3H3,(H2,16,19). The highest BCUT2D eigenvalue weighted by atomic mass is 32.2. The smallest absolute Gasteiger partial charge is 0.107 e. The Morgan fingerprint density at radius 3 is 2.70 bits per heavy atom. The van der Waals surface area contributed by atoms with Crippen molar-refractivity contribution in [3.8, 4) is 5.69 Å². The van der Waals surface area contributed by atoms with Crippen molar-refractivity contribution < 1.29 is 0 Å². The lowest BCUT2D eigenvalue weighted by Crippen LogP contribution is -2.15. The molecule has 0 saturated heterocycles. The molecule has 1 aromatic heterocycles. The van der Waals surface area contributed by atoms with Crippen molar-refractivity contribution in [1.29, 1.82) is 0 Å². The number of rotatable bonds is 5. The molecule has 20 heavy (non-hydrogen) atoms. The Labute approximate surface area is 129 Å². The lowest BCUT2D eigenvalue weighted by molar-refractivity contribution is 0.767. The Bertz CT molecular complexity index is 617. The molecule has 2 N–H and O–H groups in total. The highest BCUT2D eigenvalue weighted by Crippen LogP contribution is 2.28. The van der Waals surface area contributed by atoms with E-state index in [1.54, 1.807) is 11.8 Å². The maximum absolute atomic E-state index is 5.93. The monoisotopic (exact) mass is 305 g/mol. The van der Waals surface area contributed by atoms with Gasteiger partial charge in [0.1, 0.15) is 4.99 Å². The largest absolute Gasteiger partial charge is 0.389 e. The van der Waals surface area contributed by atoms with E-state index in [0.717, 1.165) is 27.6 Å². The van der Waals surface area contributed by atoms with E-state index in [0.29, 0.717) is 10.9 Å². The molecule has 0 spiro atoms. The quantitative estimate of drug-likeness (QED) is 0.675. The van der Waals surface area contributed by atoms with Gasteiger partial charge in [0.05, 0.1) is 11.4 Å². The molecule has 0 atom stereocenters. The number of hydrogen-bond acceptors (Lipinski definition) is 3. The van der Waals surface area contributed by atoms with Gasteiger partial charge in [0.15, 0.2) is 0 Å². The predicted molar refractivity (Wildman–Crippen MR) is 89.9 cm³/mol. The second-order valence-electron chi connectivity index (χ2n) is 4.79. The van der Waals surface area contributed by atoms with E-state index in [1.165, 1.54) is 0 Å². The van der Waals surface area contributed by atoms with Crippen LogP contribution in [0.5, 0.6) is 0 Å². The molecule has 0 aliphatic rings. The second-order valence-corrected chi connectivity index (χ2v) is 6.53. The van der Waals surface area contributed by atoms with E-state index in [-0.39, 0.29) is 0 Å². The fraction of sp³-hybridized carbons (Fsp3) is 0.333. The van der Waals surface area contributed by atoms with Gasteiger partial charge in [-0.3, -0.25) is 0 Å². The molecular weight excluding hydrogens is 286 g/mol. The first-order chi connectivity index (χ1) is 9.54. The van der Waals surface area contributed by atoms with Crippen molar-refractivity contribution >= 4 is 29.0 Å². The summed E-state index contributed by atoms with van der Waals surface area (Å²) in [6, 6.07) is 8.11. The van der Waals surface area contributed by atoms with E-state index in [9.17, 15) is 0 Å². The normalized spacial score (nSPS) is 11.0. The number of hydrogen-bond donors (Lipinski definition) is 1. The van der Waals surface area contributed by atoms with Crippen LogP contribution in [-0.2, 0) is 0 Å². The molecule has 0 bridgehead atoms. The molecule has 106 valence electrons. The van der Waals surface area contributed by atoms with Gasteiger partial charge < -0.3 is 5.73 Å². The summed E-state index contributed by atoms with van der Waals surface area (Å²) in [6.07, 6.45) is 1.97. The average molecular weight is 305 g/mol. The average Bonchev–Trinajstić information content (AvgIpc) is 2.88. The van der Waals surface area contributed by atoms with E-state index >= 15 is 0 Å². The van der Waals surface area contributed by atoms with Crippen LogP contribution < -0.4 is 5.73 Å². The Balaban J connectivity index is 2.54. The summed E-state index contributed by atoms with van der Waals surface area (Å²) < 4.78 is 1.86. The predicted octanol–water partition coefficient (Wildman–Crippen LogP) is 3.74. The maximum atomic E-state index is 5.93. The fourth-order valence-electron chi connectivity index (χ4n) is 2.01. The lowest BCUT2D eigenvalue weighted by Gasteiger charge is -2.13. The van der Waals surface area contributed by atoms with Gasteiger partial charge in [0.25, 0.3) is 0 Å². The Kier molecular flexibility index (Phi) is 4.83. The van der Waals surface area contributed by atoms with Gasteiger partial charge in [0.2, 0.25) is 0 Å². The van der Waals surface area contributed by atoms with Crippen LogP contribution in [0.1, 0.15) is 37.9 Å². The van der Waals surface area contributed by atoms with Gasteiger partial charge in [-0.2, -0.15) is 5.10 Å². The number of benzene rings is 1. The van der Waals surface area contributed by atoms with Crippen molar-refractivity contribution in [3.63, 3.8) is 0 Å². The molecule has 2 aromatic rings. The van der Waals surface area contributed by atoms with Crippen LogP contribution >= 0.6 is 24.0 Å². The summed E-state index contributed by atoms with van der Waals surface area (Å²) >= 11 is 6.98. The minimum atomic E-state index is 0.401. The van der Waals surface area contributed by atoms with Gasteiger partial charge in [-0.15, -0.1) is 11.8 Å². The zero-order valence-corrected chi connectivity index (χ0v) is 13.6. The van der Waals surface area contributed by atoms with E-state index in [2.05, 4.69) is 31.9 Å². The maximum Gasteiger partial charge on any atom is 0.107 e. The summed E-state index contributed by atoms with van der Waals surface area (Å²) in [4.78, 5) is 1.53. The summed E-state index contributed by atoms with van der Waals surface area (Å²) in [5, 5.41) is 4.62. The summed E-state index contributed by atoms with van der Waals surface area (Å²) in [7, 11) is 0.